The molecule has 0 radical (unpaired) electrons. The first-order valence-corrected chi connectivity index (χ1v) is 16.8. The molecule has 2 aliphatic rings. The van der Waals surface area contributed by atoms with Crippen LogP contribution in [-0.2, 0) is 6.42 Å². The molecular weight excluding hydrogens is 585 g/mol. The van der Waals surface area contributed by atoms with E-state index in [9.17, 15) is 0 Å². The number of pyridine rings is 1. The maximum absolute atomic E-state index is 5.09. The van der Waals surface area contributed by atoms with Gasteiger partial charge in [0.15, 0.2) is 17.5 Å². The van der Waals surface area contributed by atoms with Crippen molar-refractivity contribution in [1.29, 1.82) is 0 Å². The summed E-state index contributed by atoms with van der Waals surface area (Å²) in [5.74, 6) is 2.76. The summed E-state index contributed by atoms with van der Waals surface area (Å²) < 4.78 is 0. The molecule has 48 heavy (non-hydrogen) atoms. The van der Waals surface area contributed by atoms with Gasteiger partial charge in [-0.3, -0.25) is 4.98 Å². The van der Waals surface area contributed by atoms with Gasteiger partial charge < -0.3 is 0 Å². The fourth-order valence-electron chi connectivity index (χ4n) is 7.05. The fourth-order valence-corrected chi connectivity index (χ4v) is 7.05. The summed E-state index contributed by atoms with van der Waals surface area (Å²) in [6.07, 6.45) is 17.3. The van der Waals surface area contributed by atoms with Gasteiger partial charge >= 0.3 is 0 Å². The molecule has 2 heterocycles. The van der Waals surface area contributed by atoms with Crippen molar-refractivity contribution in [3.63, 3.8) is 0 Å². The Bertz CT molecular complexity index is 2250. The lowest BCUT2D eigenvalue weighted by molar-refractivity contribution is 0.632. The first-order valence-electron chi connectivity index (χ1n) is 16.8. The Balaban J connectivity index is 1.18. The average molecular weight is 621 g/mol. The molecule has 0 saturated carbocycles. The van der Waals surface area contributed by atoms with E-state index in [0.717, 1.165) is 40.9 Å². The molecular formula is C44H36N4. The predicted molar refractivity (Wildman–Crippen MR) is 198 cm³/mol. The van der Waals surface area contributed by atoms with Gasteiger partial charge in [0.05, 0.1) is 5.52 Å². The summed E-state index contributed by atoms with van der Waals surface area (Å²) >= 11 is 0. The third kappa shape index (κ3) is 5.60. The summed E-state index contributed by atoms with van der Waals surface area (Å²) in [6, 6.07) is 36.2. The van der Waals surface area contributed by atoms with E-state index in [1.165, 1.54) is 38.8 Å². The molecule has 4 heteroatoms. The van der Waals surface area contributed by atoms with E-state index >= 15 is 0 Å². The number of allylic oxidation sites excluding steroid dienone is 8. The molecule has 2 aromatic heterocycles. The third-order valence-electron chi connectivity index (χ3n) is 9.48. The quantitative estimate of drug-likeness (QED) is 0.167. The highest BCUT2D eigenvalue weighted by Crippen LogP contribution is 2.47. The lowest BCUT2D eigenvalue weighted by Crippen LogP contribution is -2.09. The molecule has 2 atom stereocenters. The second-order valence-electron chi connectivity index (χ2n) is 12.6. The highest BCUT2D eigenvalue weighted by atomic mass is 15.0. The molecule has 0 spiro atoms. The molecule has 4 nitrogen and oxygen atoms in total. The number of hydrogen-bond acceptors (Lipinski definition) is 4. The summed E-state index contributed by atoms with van der Waals surface area (Å²) in [5.41, 5.74) is 11.6. The van der Waals surface area contributed by atoms with Crippen LogP contribution in [0.3, 0.4) is 0 Å². The van der Waals surface area contributed by atoms with E-state index in [2.05, 4.69) is 134 Å². The van der Waals surface area contributed by atoms with Crippen LogP contribution in [0, 0.1) is 5.92 Å². The Morgan fingerprint density at radius 2 is 1.54 bits per heavy atom. The number of hydrogen-bond donors (Lipinski definition) is 0. The van der Waals surface area contributed by atoms with Gasteiger partial charge in [0.25, 0.3) is 0 Å². The van der Waals surface area contributed by atoms with Gasteiger partial charge in [0.1, 0.15) is 0 Å². The van der Waals surface area contributed by atoms with Crippen LogP contribution in [0.25, 0.3) is 56.0 Å². The second kappa shape index (κ2) is 12.8. The van der Waals surface area contributed by atoms with Crippen molar-refractivity contribution in [2.45, 2.75) is 32.6 Å². The normalized spacial score (nSPS) is 17.0. The molecule has 2 unspecified atom stereocenters. The molecule has 0 bridgehead atoms. The second-order valence-corrected chi connectivity index (χ2v) is 12.6. The zero-order chi connectivity index (χ0) is 32.5. The highest BCUT2D eigenvalue weighted by molar-refractivity contribution is 5.94. The largest absolute Gasteiger partial charge is 0.256 e. The molecule has 0 aliphatic heterocycles. The van der Waals surface area contributed by atoms with E-state index in [4.69, 9.17) is 15.0 Å². The first kappa shape index (κ1) is 29.6. The maximum Gasteiger partial charge on any atom is 0.164 e. The van der Waals surface area contributed by atoms with Crippen LogP contribution in [0.5, 0.6) is 0 Å². The van der Waals surface area contributed by atoms with Crippen LogP contribution < -0.4 is 0 Å². The number of nitrogens with zero attached hydrogens (tertiary/aromatic N) is 4. The first-order chi connectivity index (χ1) is 23.7. The van der Waals surface area contributed by atoms with E-state index in [0.29, 0.717) is 17.6 Å². The zero-order valence-corrected chi connectivity index (χ0v) is 27.2. The van der Waals surface area contributed by atoms with E-state index < -0.39 is 0 Å². The van der Waals surface area contributed by atoms with Gasteiger partial charge in [-0.2, -0.15) is 0 Å². The van der Waals surface area contributed by atoms with Crippen LogP contribution in [0.4, 0.5) is 0 Å². The van der Waals surface area contributed by atoms with Gasteiger partial charge in [0, 0.05) is 28.6 Å². The van der Waals surface area contributed by atoms with Crippen molar-refractivity contribution < 1.29 is 0 Å². The number of aromatic nitrogens is 4. The van der Waals surface area contributed by atoms with Crippen LogP contribution >= 0.6 is 0 Å². The van der Waals surface area contributed by atoms with Crippen LogP contribution in [0.2, 0.25) is 0 Å². The Morgan fingerprint density at radius 3 is 2.40 bits per heavy atom. The maximum atomic E-state index is 5.09. The minimum atomic E-state index is 0.240. The lowest BCUT2D eigenvalue weighted by atomic mass is 9.82. The third-order valence-corrected chi connectivity index (χ3v) is 9.48. The predicted octanol–water partition coefficient (Wildman–Crippen LogP) is 10.7. The molecule has 6 aromatic rings. The molecule has 0 amide bonds. The zero-order valence-electron chi connectivity index (χ0n) is 27.2. The van der Waals surface area contributed by atoms with Crippen molar-refractivity contribution in [2.75, 3.05) is 0 Å². The monoisotopic (exact) mass is 620 g/mol. The Hall–Kier alpha value is -5.74. The SMILES string of the molecule is CC/C=C\C=C(/C)c1nc(-c2ccccc2)nc(-c2cccc3c2C2C=C(c4ccc(-c5cccc6ncccc56)cc4)C=CC2C3)n1. The number of benzene rings is 4. The topological polar surface area (TPSA) is 51.6 Å². The summed E-state index contributed by atoms with van der Waals surface area (Å²) in [6.45, 7) is 4.21. The van der Waals surface area contributed by atoms with Crippen molar-refractivity contribution in [3.05, 3.63) is 168 Å². The fraction of sp³-hybridized carbons (Fsp3) is 0.136. The Kier molecular flexibility index (Phi) is 7.91. The summed E-state index contributed by atoms with van der Waals surface area (Å²) in [4.78, 5) is 19.7. The van der Waals surface area contributed by atoms with Crippen molar-refractivity contribution in [1.82, 2.24) is 19.9 Å². The van der Waals surface area contributed by atoms with Crippen LogP contribution in [0.1, 0.15) is 48.7 Å². The minimum Gasteiger partial charge on any atom is -0.256 e. The van der Waals surface area contributed by atoms with Gasteiger partial charge in [-0.1, -0.05) is 134 Å². The summed E-state index contributed by atoms with van der Waals surface area (Å²) in [5, 5.41) is 1.17. The molecule has 232 valence electrons. The number of rotatable bonds is 7. The molecule has 0 saturated heterocycles. The van der Waals surface area contributed by atoms with Crippen molar-refractivity contribution in [2.24, 2.45) is 5.92 Å². The average Bonchev–Trinajstić information content (AvgIpc) is 3.53. The van der Waals surface area contributed by atoms with Crippen molar-refractivity contribution in [3.8, 4) is 33.9 Å². The molecule has 0 fully saturated rings. The van der Waals surface area contributed by atoms with Crippen molar-refractivity contribution >= 4 is 22.0 Å². The smallest absolute Gasteiger partial charge is 0.164 e. The Morgan fingerprint density at radius 1 is 0.750 bits per heavy atom. The van der Waals surface area contributed by atoms with Gasteiger partial charge in [-0.25, -0.2) is 15.0 Å². The van der Waals surface area contributed by atoms with Crippen LogP contribution in [0.15, 0.2) is 146 Å². The Labute approximate surface area is 282 Å². The van der Waals surface area contributed by atoms with Gasteiger partial charge in [-0.15, -0.1) is 0 Å². The molecule has 8 rings (SSSR count). The van der Waals surface area contributed by atoms with Crippen LogP contribution in [-0.4, -0.2) is 19.9 Å². The minimum absolute atomic E-state index is 0.240. The lowest BCUT2D eigenvalue weighted by Gasteiger charge is -2.22. The van der Waals surface area contributed by atoms with E-state index in [1.54, 1.807) is 0 Å². The highest BCUT2D eigenvalue weighted by Gasteiger charge is 2.34. The number of fused-ring (bicyclic) bond motifs is 4. The molecule has 0 N–H and O–H groups in total. The standard InChI is InChI=1S/C44H36N4/c1-3-4-6-12-29(2)42-46-43(32-13-7-5-8-14-32)48-44(47-42)38-17-9-15-35-27-34-25-24-33(28-39(34)41(35)38)30-20-22-31(23-21-30)36-16-10-19-40-37(36)18-11-26-45-40/h4-26,28,34,39H,3,27H2,1-2H3/b6-4-,29-12+. The molecule has 4 aromatic carbocycles. The molecule has 2 aliphatic carbocycles. The van der Waals surface area contributed by atoms with Gasteiger partial charge in [-0.05, 0) is 76.8 Å². The van der Waals surface area contributed by atoms with E-state index in [-0.39, 0.29) is 5.92 Å². The van der Waals surface area contributed by atoms with E-state index in [1.807, 2.05) is 30.5 Å². The summed E-state index contributed by atoms with van der Waals surface area (Å²) in [7, 11) is 0. The van der Waals surface area contributed by atoms with Gasteiger partial charge in [0.2, 0.25) is 0 Å².